The molecule has 29 heavy (non-hydrogen) atoms. The molecule has 1 aromatic heterocycles. The number of H-pyrrole nitrogens is 1. The number of nitrogens with one attached hydrogen (secondary N) is 1. The molecule has 0 spiro atoms. The molecule has 7 nitrogen and oxygen atoms in total. The molecule has 2 heterocycles. The van der Waals surface area contributed by atoms with Crippen LogP contribution in [-0.2, 0) is 6.54 Å². The fourth-order valence-electron chi connectivity index (χ4n) is 4.04. The number of carbonyl (C=O) groups is 2. The van der Waals surface area contributed by atoms with Crippen molar-refractivity contribution < 1.29 is 14.7 Å². The number of carboxylic acid groups (broad SMARTS) is 1. The van der Waals surface area contributed by atoms with Gasteiger partial charge in [0.2, 0.25) is 5.91 Å². The Balaban J connectivity index is 1.64. The first-order valence-corrected chi connectivity index (χ1v) is 9.71. The summed E-state index contributed by atoms with van der Waals surface area (Å²) in [6.45, 7) is 1.66. The van der Waals surface area contributed by atoms with Crippen molar-refractivity contribution in [2.24, 2.45) is 5.73 Å². The normalized spacial score (nSPS) is 14.8. The zero-order valence-corrected chi connectivity index (χ0v) is 16.0. The summed E-state index contributed by atoms with van der Waals surface area (Å²) in [5.41, 5.74) is 9.08. The maximum atomic E-state index is 11.6. The molecule has 4 N–H and O–H groups in total. The van der Waals surface area contributed by atoms with Crippen LogP contribution >= 0.6 is 0 Å². The summed E-state index contributed by atoms with van der Waals surface area (Å²) < 4.78 is 0. The monoisotopic (exact) mass is 392 g/mol. The van der Waals surface area contributed by atoms with E-state index in [0.29, 0.717) is 25.2 Å². The van der Waals surface area contributed by atoms with E-state index in [0.717, 1.165) is 35.0 Å². The van der Waals surface area contributed by atoms with Crippen molar-refractivity contribution in [2.75, 3.05) is 18.0 Å². The number of benzene rings is 2. The third kappa shape index (κ3) is 4.03. The number of piperidine rings is 1. The number of nitrogens with two attached hydrogens (primary N) is 1. The highest BCUT2D eigenvalue weighted by Gasteiger charge is 2.27. The van der Waals surface area contributed by atoms with E-state index >= 15 is 0 Å². The van der Waals surface area contributed by atoms with Crippen molar-refractivity contribution in [3.63, 3.8) is 0 Å². The maximum Gasteiger partial charge on any atom is 0.407 e. The molecule has 4 rings (SSSR count). The molecule has 1 fully saturated rings. The van der Waals surface area contributed by atoms with Gasteiger partial charge in [0.05, 0.1) is 0 Å². The van der Waals surface area contributed by atoms with E-state index in [1.54, 1.807) is 6.07 Å². The number of likely N-dealkylation sites (tertiary alicyclic amines) is 1. The van der Waals surface area contributed by atoms with Crippen LogP contribution in [0, 0.1) is 0 Å². The number of primary amides is 1. The SMILES string of the molecule is NC(=O)c1cccc(CN(c2ccc3[nH]ccc3c2)C2CCN(C(=O)O)CC2)c1. The smallest absolute Gasteiger partial charge is 0.407 e. The van der Waals surface area contributed by atoms with Crippen molar-refractivity contribution >= 4 is 28.6 Å². The Hall–Kier alpha value is -3.48. The predicted molar refractivity (Wildman–Crippen MR) is 112 cm³/mol. The van der Waals surface area contributed by atoms with E-state index in [4.69, 9.17) is 5.73 Å². The molecule has 0 unspecified atom stereocenters. The van der Waals surface area contributed by atoms with Crippen LogP contribution in [0.5, 0.6) is 0 Å². The van der Waals surface area contributed by atoms with Gasteiger partial charge in [-0.05, 0) is 54.8 Å². The topological polar surface area (TPSA) is 103 Å². The van der Waals surface area contributed by atoms with E-state index in [-0.39, 0.29) is 6.04 Å². The van der Waals surface area contributed by atoms with E-state index in [9.17, 15) is 14.7 Å². The molecule has 0 bridgehead atoms. The standard InChI is InChI=1S/C22H24N4O3/c23-21(27)17-3-1-2-15(12-17)14-26(18-7-10-25(11-8-18)22(28)29)19-4-5-20-16(13-19)6-9-24-20/h1-6,9,12-13,18,24H,7-8,10-11,14H2,(H2,23,27)(H,28,29). The lowest BCUT2D eigenvalue weighted by molar-refractivity contribution is 0.1000. The van der Waals surface area contributed by atoms with Gasteiger partial charge < -0.3 is 25.6 Å². The summed E-state index contributed by atoms with van der Waals surface area (Å²) in [6, 6.07) is 15.9. The fourth-order valence-corrected chi connectivity index (χ4v) is 4.04. The molecule has 0 aliphatic carbocycles. The van der Waals surface area contributed by atoms with Crippen LogP contribution in [0.2, 0.25) is 0 Å². The molecular formula is C22H24N4O3. The molecule has 0 saturated carbocycles. The van der Waals surface area contributed by atoms with Crippen LogP contribution in [0.4, 0.5) is 10.5 Å². The number of hydrogen-bond acceptors (Lipinski definition) is 3. The number of fused-ring (bicyclic) bond motifs is 1. The van der Waals surface area contributed by atoms with Gasteiger partial charge in [0.15, 0.2) is 0 Å². The molecule has 2 amide bonds. The molecule has 0 atom stereocenters. The second-order valence-electron chi connectivity index (χ2n) is 7.44. The fraction of sp³-hybridized carbons (Fsp3) is 0.273. The third-order valence-corrected chi connectivity index (χ3v) is 5.61. The average molecular weight is 392 g/mol. The Morgan fingerprint density at radius 3 is 2.66 bits per heavy atom. The van der Waals surface area contributed by atoms with E-state index < -0.39 is 12.0 Å². The lowest BCUT2D eigenvalue weighted by Crippen LogP contribution is -2.46. The molecule has 7 heteroatoms. The Bertz CT molecular complexity index is 1040. The number of aromatic amines is 1. The van der Waals surface area contributed by atoms with Crippen LogP contribution < -0.4 is 10.6 Å². The first-order valence-electron chi connectivity index (χ1n) is 9.71. The predicted octanol–water partition coefficient (Wildman–Crippen LogP) is 3.42. The third-order valence-electron chi connectivity index (χ3n) is 5.61. The van der Waals surface area contributed by atoms with Crippen molar-refractivity contribution in [1.29, 1.82) is 0 Å². The summed E-state index contributed by atoms with van der Waals surface area (Å²) >= 11 is 0. The number of carbonyl (C=O) groups excluding carboxylic acids is 1. The largest absolute Gasteiger partial charge is 0.465 e. The van der Waals surface area contributed by atoms with Crippen molar-refractivity contribution in [1.82, 2.24) is 9.88 Å². The summed E-state index contributed by atoms with van der Waals surface area (Å²) in [7, 11) is 0. The summed E-state index contributed by atoms with van der Waals surface area (Å²) in [5, 5.41) is 10.4. The highest BCUT2D eigenvalue weighted by molar-refractivity contribution is 5.92. The van der Waals surface area contributed by atoms with Crippen molar-refractivity contribution in [3.8, 4) is 0 Å². The van der Waals surface area contributed by atoms with Crippen LogP contribution in [0.15, 0.2) is 54.7 Å². The molecule has 3 aromatic rings. The van der Waals surface area contributed by atoms with Gasteiger partial charge in [-0.25, -0.2) is 4.79 Å². The minimum Gasteiger partial charge on any atom is -0.465 e. The van der Waals surface area contributed by atoms with Gasteiger partial charge >= 0.3 is 6.09 Å². The number of nitrogens with zero attached hydrogens (tertiary/aromatic N) is 2. The molecule has 1 aliphatic heterocycles. The van der Waals surface area contributed by atoms with E-state index in [1.807, 2.05) is 30.5 Å². The second kappa shape index (κ2) is 7.87. The first kappa shape index (κ1) is 18.9. The van der Waals surface area contributed by atoms with Gasteiger partial charge in [0.25, 0.3) is 0 Å². The number of hydrogen-bond donors (Lipinski definition) is 3. The maximum absolute atomic E-state index is 11.6. The Morgan fingerprint density at radius 1 is 1.14 bits per heavy atom. The van der Waals surface area contributed by atoms with E-state index in [2.05, 4.69) is 28.1 Å². The Kier molecular flexibility index (Phi) is 5.12. The Labute approximate surface area is 168 Å². The minimum absolute atomic E-state index is 0.208. The summed E-state index contributed by atoms with van der Waals surface area (Å²) in [4.78, 5) is 29.8. The summed E-state index contributed by atoms with van der Waals surface area (Å²) in [6.07, 6.45) is 2.57. The Morgan fingerprint density at radius 2 is 1.93 bits per heavy atom. The van der Waals surface area contributed by atoms with Gasteiger partial charge in [-0.2, -0.15) is 0 Å². The molecule has 2 aromatic carbocycles. The lowest BCUT2D eigenvalue weighted by atomic mass is 10.0. The van der Waals surface area contributed by atoms with Crippen LogP contribution in [0.25, 0.3) is 10.9 Å². The molecule has 150 valence electrons. The number of aromatic nitrogens is 1. The van der Waals surface area contributed by atoms with Crippen LogP contribution in [0.3, 0.4) is 0 Å². The van der Waals surface area contributed by atoms with Crippen LogP contribution in [-0.4, -0.2) is 46.1 Å². The van der Waals surface area contributed by atoms with Crippen LogP contribution in [0.1, 0.15) is 28.8 Å². The highest BCUT2D eigenvalue weighted by Crippen LogP contribution is 2.29. The van der Waals surface area contributed by atoms with Gasteiger partial charge in [-0.3, -0.25) is 4.79 Å². The number of anilines is 1. The molecular weight excluding hydrogens is 368 g/mol. The first-order chi connectivity index (χ1) is 14.0. The second-order valence-corrected chi connectivity index (χ2v) is 7.44. The zero-order chi connectivity index (χ0) is 20.4. The average Bonchev–Trinajstić information content (AvgIpc) is 3.20. The van der Waals surface area contributed by atoms with E-state index in [1.165, 1.54) is 4.90 Å². The molecule has 0 radical (unpaired) electrons. The zero-order valence-electron chi connectivity index (χ0n) is 16.0. The quantitative estimate of drug-likeness (QED) is 0.619. The minimum atomic E-state index is -0.863. The van der Waals surface area contributed by atoms with Gasteiger partial charge in [0, 0.05) is 54.0 Å². The van der Waals surface area contributed by atoms with Gasteiger partial charge in [-0.15, -0.1) is 0 Å². The number of rotatable bonds is 5. The lowest BCUT2D eigenvalue weighted by Gasteiger charge is -2.39. The molecule has 1 saturated heterocycles. The highest BCUT2D eigenvalue weighted by atomic mass is 16.4. The van der Waals surface area contributed by atoms with Crippen molar-refractivity contribution in [3.05, 3.63) is 65.9 Å². The van der Waals surface area contributed by atoms with Crippen molar-refractivity contribution in [2.45, 2.75) is 25.4 Å². The summed E-state index contributed by atoms with van der Waals surface area (Å²) in [5.74, 6) is -0.443. The van der Waals surface area contributed by atoms with Gasteiger partial charge in [0.1, 0.15) is 0 Å². The van der Waals surface area contributed by atoms with Gasteiger partial charge in [-0.1, -0.05) is 12.1 Å². The molecule has 1 aliphatic rings. The number of amides is 2.